The first-order chi connectivity index (χ1) is 23.0. The first-order valence-electron chi connectivity index (χ1n) is 16.8. The number of amides is 5. The highest BCUT2D eigenvalue weighted by Gasteiger charge is 2.61. The van der Waals surface area contributed by atoms with Crippen molar-refractivity contribution in [2.24, 2.45) is 5.92 Å². The fourth-order valence-electron chi connectivity index (χ4n) is 6.69. The summed E-state index contributed by atoms with van der Waals surface area (Å²) in [6, 6.07) is 2.45. The van der Waals surface area contributed by atoms with Crippen LogP contribution >= 0.6 is 7.29 Å². The summed E-state index contributed by atoms with van der Waals surface area (Å²) >= 11 is 0. The number of carbonyl (C=O) groups is 5. The summed E-state index contributed by atoms with van der Waals surface area (Å²) in [5, 5.41) is 8.10. The number of ether oxygens (including phenoxy) is 2. The number of nitrogens with one attached hydrogen (secondary N) is 3. The van der Waals surface area contributed by atoms with Crippen LogP contribution in [0.15, 0.2) is 30.4 Å². The van der Waals surface area contributed by atoms with Crippen molar-refractivity contribution in [1.82, 2.24) is 25.5 Å². The number of benzene rings is 1. The minimum absolute atomic E-state index is 0.0211. The van der Waals surface area contributed by atoms with Gasteiger partial charge in [0, 0.05) is 37.8 Å². The molecule has 1 saturated heterocycles. The molecule has 1 unspecified atom stereocenters. The third-order valence-corrected chi connectivity index (χ3v) is 9.90. The Hall–Kier alpha value is -3.93. The van der Waals surface area contributed by atoms with Gasteiger partial charge in [0.2, 0.25) is 11.8 Å². The zero-order chi connectivity index (χ0) is 35.7. The molecule has 0 spiro atoms. The highest BCUT2D eigenvalue weighted by molar-refractivity contribution is 7.61. The Kier molecular flexibility index (Phi) is 10.5. The zero-order valence-electron chi connectivity index (χ0n) is 28.8. The Morgan fingerprint density at radius 1 is 1.10 bits per heavy atom. The van der Waals surface area contributed by atoms with Crippen LogP contribution in [0.4, 0.5) is 14.0 Å². The van der Waals surface area contributed by atoms with Gasteiger partial charge in [-0.2, -0.15) is 0 Å². The Morgan fingerprint density at radius 3 is 2.55 bits per heavy atom. The quantitative estimate of drug-likeness (QED) is 0.311. The molecule has 15 heteroatoms. The molecule has 13 nitrogen and oxygen atoms in total. The number of alkyl carbamates (subject to hydrolysis) is 1. The maximum atomic E-state index is 14.4. The van der Waals surface area contributed by atoms with E-state index in [1.54, 1.807) is 32.9 Å². The second-order valence-corrected chi connectivity index (χ2v) is 17.7. The number of allylic oxidation sites excluding steroid dienone is 1. The van der Waals surface area contributed by atoms with E-state index in [0.29, 0.717) is 17.5 Å². The van der Waals surface area contributed by atoms with E-state index in [9.17, 15) is 32.9 Å². The molecule has 5 amide bonds. The van der Waals surface area contributed by atoms with E-state index in [-0.39, 0.29) is 44.8 Å². The Bertz CT molecular complexity index is 1570. The van der Waals surface area contributed by atoms with Gasteiger partial charge in [0.05, 0.1) is 13.1 Å². The van der Waals surface area contributed by atoms with E-state index in [2.05, 4.69) is 15.7 Å². The Labute approximate surface area is 286 Å². The number of carbonyl (C=O) groups excluding carboxylic acids is 5. The molecule has 49 heavy (non-hydrogen) atoms. The average molecular weight is 704 g/mol. The molecule has 1 aromatic rings. The molecule has 1 aromatic carbocycles. The van der Waals surface area contributed by atoms with Crippen molar-refractivity contribution in [3.05, 3.63) is 47.3 Å². The number of rotatable bonds is 4. The lowest BCUT2D eigenvalue weighted by molar-refractivity contribution is -0.141. The van der Waals surface area contributed by atoms with Crippen molar-refractivity contribution in [2.75, 3.05) is 19.9 Å². The largest absolute Gasteiger partial charge is 0.444 e. The summed E-state index contributed by atoms with van der Waals surface area (Å²) in [7, 11) is -3.01. The molecule has 1 saturated carbocycles. The van der Waals surface area contributed by atoms with Crippen molar-refractivity contribution in [3.8, 4) is 0 Å². The third kappa shape index (κ3) is 8.81. The predicted molar refractivity (Wildman–Crippen MR) is 178 cm³/mol. The van der Waals surface area contributed by atoms with Crippen molar-refractivity contribution in [2.45, 2.75) is 108 Å². The van der Waals surface area contributed by atoms with Gasteiger partial charge in [-0.15, -0.1) is 0 Å². The molecule has 0 aromatic heterocycles. The van der Waals surface area contributed by atoms with E-state index in [1.807, 2.05) is 12.2 Å². The van der Waals surface area contributed by atoms with Crippen LogP contribution in [-0.4, -0.2) is 88.9 Å². The van der Waals surface area contributed by atoms with Gasteiger partial charge < -0.3 is 34.7 Å². The summed E-state index contributed by atoms with van der Waals surface area (Å²) in [5.41, 5.74) is -1.10. The molecule has 268 valence electrons. The van der Waals surface area contributed by atoms with E-state index in [0.717, 1.165) is 19.3 Å². The first kappa shape index (κ1) is 36.4. The van der Waals surface area contributed by atoms with Crippen LogP contribution in [-0.2, 0) is 41.5 Å². The average Bonchev–Trinajstić information content (AvgIpc) is 3.30. The second-order valence-electron chi connectivity index (χ2n) is 14.8. The van der Waals surface area contributed by atoms with E-state index >= 15 is 0 Å². The van der Waals surface area contributed by atoms with E-state index in [1.165, 1.54) is 29.2 Å². The maximum Gasteiger partial charge on any atom is 0.410 e. The normalized spacial score (nSPS) is 28.1. The molecule has 3 aliphatic heterocycles. The SMILES string of the molecule is CC(C)(C)OC(=O)N[C@H]1CCCCC/C=C\C2C[C@@]2(C(=O)NP(C)(C)=O)NC(=O)[C@@H]2C[C@@H](OC(=O)N3Cc4cccc(F)c4C3)CN2C1=O. The topological polar surface area (TPSA) is 163 Å². The van der Waals surface area contributed by atoms with Crippen LogP contribution in [0.1, 0.15) is 76.8 Å². The molecule has 4 aliphatic rings. The molecule has 3 N–H and O–H groups in total. The third-order valence-electron chi connectivity index (χ3n) is 9.16. The number of nitrogens with zero attached hydrogens (tertiary/aromatic N) is 2. The summed E-state index contributed by atoms with van der Waals surface area (Å²) in [4.78, 5) is 70.6. The maximum absolute atomic E-state index is 14.4. The van der Waals surface area contributed by atoms with Gasteiger partial charge in [-0.1, -0.05) is 37.1 Å². The number of fused-ring (bicyclic) bond motifs is 3. The lowest BCUT2D eigenvalue weighted by Crippen LogP contribution is -2.57. The molecule has 5 rings (SSSR count). The van der Waals surface area contributed by atoms with Gasteiger partial charge in [0.25, 0.3) is 5.91 Å². The molecule has 2 fully saturated rings. The summed E-state index contributed by atoms with van der Waals surface area (Å²) in [5.74, 6) is -2.52. The molecule has 3 heterocycles. The molecular formula is C34H47FN5O8P. The van der Waals surface area contributed by atoms with Gasteiger partial charge in [-0.3, -0.25) is 19.3 Å². The smallest absolute Gasteiger partial charge is 0.410 e. The lowest BCUT2D eigenvalue weighted by Gasteiger charge is -2.30. The fraction of sp³-hybridized carbons (Fsp3) is 0.618. The summed E-state index contributed by atoms with van der Waals surface area (Å²) in [6.07, 6.45) is 4.82. The van der Waals surface area contributed by atoms with Crippen LogP contribution in [0.2, 0.25) is 0 Å². The van der Waals surface area contributed by atoms with Crippen molar-refractivity contribution < 1.29 is 42.4 Å². The van der Waals surface area contributed by atoms with Crippen molar-refractivity contribution in [1.29, 1.82) is 0 Å². The number of halogens is 1. The van der Waals surface area contributed by atoms with Gasteiger partial charge in [-0.25, -0.2) is 14.0 Å². The minimum atomic E-state index is -3.01. The van der Waals surface area contributed by atoms with Gasteiger partial charge in [-0.05, 0) is 58.1 Å². The van der Waals surface area contributed by atoms with Gasteiger partial charge in [0.15, 0.2) is 7.29 Å². The van der Waals surface area contributed by atoms with Crippen LogP contribution in [0.25, 0.3) is 0 Å². The first-order valence-corrected chi connectivity index (χ1v) is 19.4. The van der Waals surface area contributed by atoms with Crippen LogP contribution in [0, 0.1) is 11.7 Å². The Morgan fingerprint density at radius 2 is 1.86 bits per heavy atom. The molecule has 0 radical (unpaired) electrons. The molecule has 5 atom stereocenters. The fourth-order valence-corrected chi connectivity index (χ4v) is 7.38. The molecule has 0 bridgehead atoms. The number of hydrogen-bond acceptors (Lipinski definition) is 8. The zero-order valence-corrected chi connectivity index (χ0v) is 29.6. The lowest BCUT2D eigenvalue weighted by atomic mass is 10.0. The summed E-state index contributed by atoms with van der Waals surface area (Å²) < 4.78 is 38.2. The van der Waals surface area contributed by atoms with Crippen LogP contribution in [0.3, 0.4) is 0 Å². The van der Waals surface area contributed by atoms with Gasteiger partial charge >= 0.3 is 12.2 Å². The second kappa shape index (κ2) is 14.1. The minimum Gasteiger partial charge on any atom is -0.444 e. The number of hydrogen-bond donors (Lipinski definition) is 3. The van der Waals surface area contributed by atoms with E-state index < -0.39 is 72.3 Å². The highest BCUT2D eigenvalue weighted by Crippen LogP contribution is 2.47. The predicted octanol–water partition coefficient (Wildman–Crippen LogP) is 4.19. The standard InChI is InChI=1S/C34H47FN5O8P/c1-33(2,3)48-31(44)36-26-15-10-8-6-7-9-13-22-17-34(22,30(43)38-49(4,5)46)37-28(41)27-16-23(19-40(27)29(26)42)47-32(45)39-18-21-12-11-14-25(35)24(21)20-39/h9,11-14,22-23,26-27H,6-8,10,15-20H2,1-5H3,(H,36,44)(H,37,41)(H,38,43,46)/b13-9-/t22?,23-,26+,27+,34-/m1/s1. The van der Waals surface area contributed by atoms with Gasteiger partial charge in [0.1, 0.15) is 35.1 Å². The summed E-state index contributed by atoms with van der Waals surface area (Å²) in [6.45, 7) is 7.99. The molecular weight excluding hydrogens is 656 g/mol. The monoisotopic (exact) mass is 703 g/mol. The Balaban J connectivity index is 1.40. The van der Waals surface area contributed by atoms with Crippen molar-refractivity contribution in [3.63, 3.8) is 0 Å². The molecule has 1 aliphatic carbocycles. The van der Waals surface area contributed by atoms with Crippen LogP contribution in [0.5, 0.6) is 0 Å². The van der Waals surface area contributed by atoms with Crippen molar-refractivity contribution >= 4 is 37.2 Å². The van der Waals surface area contributed by atoms with Crippen LogP contribution < -0.4 is 15.7 Å². The van der Waals surface area contributed by atoms with E-state index in [4.69, 9.17) is 9.47 Å². The highest BCUT2D eigenvalue weighted by atomic mass is 31.2.